The molecule has 0 aromatic carbocycles. The van der Waals surface area contributed by atoms with Gasteiger partial charge in [-0.05, 0) is 45.1 Å². The maximum atomic E-state index is 4.57. The number of aryl methyl sites for hydroxylation is 1. The van der Waals surface area contributed by atoms with E-state index in [9.17, 15) is 0 Å². The fourth-order valence-electron chi connectivity index (χ4n) is 4.58. The molecule has 0 radical (unpaired) electrons. The molecule has 0 bridgehead atoms. The fourth-order valence-corrected chi connectivity index (χ4v) is 4.58. The molecular formula is C19H30N6. The first kappa shape index (κ1) is 16.8. The van der Waals surface area contributed by atoms with Crippen molar-refractivity contribution in [2.24, 2.45) is 13.0 Å². The average molecular weight is 342 g/mol. The van der Waals surface area contributed by atoms with Gasteiger partial charge in [-0.25, -0.2) is 4.98 Å². The highest BCUT2D eigenvalue weighted by Crippen LogP contribution is 2.30. The zero-order valence-electron chi connectivity index (χ0n) is 15.6. The van der Waals surface area contributed by atoms with Crippen LogP contribution in [0.2, 0.25) is 0 Å². The van der Waals surface area contributed by atoms with Crippen molar-refractivity contribution in [1.82, 2.24) is 29.2 Å². The second-order valence-corrected chi connectivity index (χ2v) is 7.89. The van der Waals surface area contributed by atoms with Gasteiger partial charge in [-0.3, -0.25) is 0 Å². The van der Waals surface area contributed by atoms with Crippen LogP contribution in [0.15, 0.2) is 12.4 Å². The van der Waals surface area contributed by atoms with E-state index in [2.05, 4.69) is 36.3 Å². The number of likely N-dealkylation sites (tertiary alicyclic amines) is 1. The van der Waals surface area contributed by atoms with Gasteiger partial charge in [-0.1, -0.05) is 12.8 Å². The minimum Gasteiger partial charge on any atom is -0.328 e. The minimum atomic E-state index is 0.519. The molecule has 1 saturated heterocycles. The van der Waals surface area contributed by atoms with E-state index in [0.717, 1.165) is 36.5 Å². The molecule has 1 atom stereocenters. The predicted octanol–water partition coefficient (Wildman–Crippen LogP) is 2.74. The van der Waals surface area contributed by atoms with Gasteiger partial charge in [0.25, 0.3) is 0 Å². The molecule has 4 rings (SSSR count). The lowest BCUT2D eigenvalue weighted by Crippen LogP contribution is -2.38. The van der Waals surface area contributed by atoms with Crippen LogP contribution in [0.5, 0.6) is 0 Å². The van der Waals surface area contributed by atoms with Crippen molar-refractivity contribution in [3.63, 3.8) is 0 Å². The number of hydrogen-bond acceptors (Lipinski definition) is 4. The maximum absolute atomic E-state index is 4.57. The van der Waals surface area contributed by atoms with Crippen LogP contribution >= 0.6 is 0 Å². The summed E-state index contributed by atoms with van der Waals surface area (Å²) in [6.45, 7) is 6.46. The van der Waals surface area contributed by atoms with Crippen LogP contribution in [0.1, 0.15) is 61.9 Å². The first-order valence-corrected chi connectivity index (χ1v) is 9.79. The van der Waals surface area contributed by atoms with Crippen LogP contribution in [0.4, 0.5) is 0 Å². The van der Waals surface area contributed by atoms with E-state index in [4.69, 9.17) is 0 Å². The molecule has 1 unspecified atom stereocenters. The third-order valence-electron chi connectivity index (χ3n) is 6.10. The van der Waals surface area contributed by atoms with Gasteiger partial charge in [0.05, 0.1) is 6.54 Å². The topological polar surface area (TPSA) is 51.8 Å². The van der Waals surface area contributed by atoms with Crippen LogP contribution in [0, 0.1) is 12.8 Å². The molecule has 6 nitrogen and oxygen atoms in total. The van der Waals surface area contributed by atoms with Gasteiger partial charge in [0.1, 0.15) is 11.6 Å². The summed E-state index contributed by atoms with van der Waals surface area (Å²) in [7, 11) is 2.12. The summed E-state index contributed by atoms with van der Waals surface area (Å²) in [5, 5.41) is 9.05. The summed E-state index contributed by atoms with van der Waals surface area (Å²) >= 11 is 0. The van der Waals surface area contributed by atoms with Gasteiger partial charge in [0.2, 0.25) is 0 Å². The van der Waals surface area contributed by atoms with Gasteiger partial charge in [-0.15, -0.1) is 10.2 Å². The molecule has 1 saturated carbocycles. The Morgan fingerprint density at radius 1 is 1.12 bits per heavy atom. The molecule has 2 fully saturated rings. The Balaban J connectivity index is 1.43. The Kier molecular flexibility index (Phi) is 4.88. The molecule has 0 N–H and O–H groups in total. The SMILES string of the molecule is Cc1nccn1Cc1nnc(C2CCCN(CC3CCCC3)C2)n1C. The van der Waals surface area contributed by atoms with Crippen molar-refractivity contribution in [1.29, 1.82) is 0 Å². The van der Waals surface area contributed by atoms with E-state index in [-0.39, 0.29) is 0 Å². The number of piperidine rings is 1. The molecular weight excluding hydrogens is 312 g/mol. The molecule has 6 heteroatoms. The molecule has 25 heavy (non-hydrogen) atoms. The molecule has 1 aliphatic carbocycles. The Morgan fingerprint density at radius 3 is 2.72 bits per heavy atom. The van der Waals surface area contributed by atoms with E-state index in [1.54, 1.807) is 0 Å². The smallest absolute Gasteiger partial charge is 0.152 e. The second-order valence-electron chi connectivity index (χ2n) is 7.89. The van der Waals surface area contributed by atoms with Crippen LogP contribution < -0.4 is 0 Å². The Morgan fingerprint density at radius 2 is 1.96 bits per heavy atom. The summed E-state index contributed by atoms with van der Waals surface area (Å²) in [5.41, 5.74) is 0. The molecule has 1 aliphatic heterocycles. The zero-order chi connectivity index (χ0) is 17.2. The molecule has 2 aliphatic rings. The summed E-state index contributed by atoms with van der Waals surface area (Å²) in [6.07, 6.45) is 12.1. The van der Waals surface area contributed by atoms with E-state index in [1.807, 2.05) is 19.3 Å². The third kappa shape index (κ3) is 3.64. The van der Waals surface area contributed by atoms with Gasteiger partial charge < -0.3 is 14.0 Å². The third-order valence-corrected chi connectivity index (χ3v) is 6.10. The van der Waals surface area contributed by atoms with Crippen LogP contribution in [-0.4, -0.2) is 48.8 Å². The van der Waals surface area contributed by atoms with Gasteiger partial charge in [-0.2, -0.15) is 0 Å². The largest absolute Gasteiger partial charge is 0.328 e. The molecule has 0 spiro atoms. The quantitative estimate of drug-likeness (QED) is 0.838. The predicted molar refractivity (Wildman–Crippen MR) is 97.4 cm³/mol. The van der Waals surface area contributed by atoms with Crippen LogP contribution in [-0.2, 0) is 13.6 Å². The van der Waals surface area contributed by atoms with Gasteiger partial charge in [0.15, 0.2) is 5.82 Å². The van der Waals surface area contributed by atoms with E-state index in [0.29, 0.717) is 5.92 Å². The molecule has 2 aromatic heterocycles. The highest BCUT2D eigenvalue weighted by Gasteiger charge is 2.28. The monoisotopic (exact) mass is 342 g/mol. The van der Waals surface area contributed by atoms with E-state index >= 15 is 0 Å². The van der Waals surface area contributed by atoms with Crippen molar-refractivity contribution in [2.75, 3.05) is 19.6 Å². The molecule has 3 heterocycles. The number of rotatable bonds is 5. The Bertz CT molecular complexity index is 697. The van der Waals surface area contributed by atoms with Crippen molar-refractivity contribution < 1.29 is 0 Å². The lowest BCUT2D eigenvalue weighted by Gasteiger charge is -2.33. The Hall–Kier alpha value is -1.69. The first-order chi connectivity index (χ1) is 12.2. The standard InChI is InChI=1S/C19H30N6/c1-15-20-9-11-25(15)14-18-21-22-19(23(18)2)17-8-5-10-24(13-17)12-16-6-3-4-7-16/h9,11,16-17H,3-8,10,12-14H2,1-2H3. The summed E-state index contributed by atoms with van der Waals surface area (Å²) in [4.78, 5) is 6.98. The zero-order valence-corrected chi connectivity index (χ0v) is 15.6. The Labute approximate surface area is 150 Å². The van der Waals surface area contributed by atoms with Crippen molar-refractivity contribution in [3.05, 3.63) is 29.9 Å². The first-order valence-electron chi connectivity index (χ1n) is 9.79. The van der Waals surface area contributed by atoms with Crippen molar-refractivity contribution >= 4 is 0 Å². The highest BCUT2D eigenvalue weighted by molar-refractivity contribution is 5.05. The van der Waals surface area contributed by atoms with Gasteiger partial charge >= 0.3 is 0 Å². The fraction of sp³-hybridized carbons (Fsp3) is 0.737. The molecule has 136 valence electrons. The summed E-state index contributed by atoms with van der Waals surface area (Å²) in [5.74, 6) is 4.64. The van der Waals surface area contributed by atoms with Crippen molar-refractivity contribution in [3.8, 4) is 0 Å². The molecule has 2 aromatic rings. The summed E-state index contributed by atoms with van der Waals surface area (Å²) < 4.78 is 4.34. The summed E-state index contributed by atoms with van der Waals surface area (Å²) in [6, 6.07) is 0. The van der Waals surface area contributed by atoms with Crippen LogP contribution in [0.25, 0.3) is 0 Å². The number of aromatic nitrogens is 5. The second kappa shape index (κ2) is 7.28. The van der Waals surface area contributed by atoms with E-state index < -0.39 is 0 Å². The number of imidazole rings is 1. The van der Waals surface area contributed by atoms with Gasteiger partial charge in [0, 0.05) is 38.4 Å². The maximum Gasteiger partial charge on any atom is 0.152 e. The van der Waals surface area contributed by atoms with E-state index in [1.165, 1.54) is 51.6 Å². The molecule has 0 amide bonds. The van der Waals surface area contributed by atoms with Crippen molar-refractivity contribution in [2.45, 2.75) is 57.9 Å². The highest BCUT2D eigenvalue weighted by atomic mass is 15.3. The number of nitrogens with zero attached hydrogens (tertiary/aromatic N) is 6. The lowest BCUT2D eigenvalue weighted by atomic mass is 9.95. The minimum absolute atomic E-state index is 0.519. The number of hydrogen-bond donors (Lipinski definition) is 0. The average Bonchev–Trinajstić information content (AvgIpc) is 3.33. The van der Waals surface area contributed by atoms with Crippen LogP contribution in [0.3, 0.4) is 0 Å². The lowest BCUT2D eigenvalue weighted by molar-refractivity contribution is 0.175. The normalized spacial score (nSPS) is 22.7.